The topological polar surface area (TPSA) is 41.5 Å². The second kappa shape index (κ2) is 7.77. The minimum absolute atomic E-state index is 0.0419. The molecule has 3 nitrogen and oxygen atoms in total. The van der Waals surface area contributed by atoms with Crippen LogP contribution in [0.25, 0.3) is 0 Å². The third-order valence-electron chi connectivity index (χ3n) is 4.44. The molecule has 20 heavy (non-hydrogen) atoms. The number of benzene rings is 1. The summed E-state index contributed by atoms with van der Waals surface area (Å²) in [5.41, 5.74) is 0.590. The fraction of sp³-hybridized carbons (Fsp3) is 0.647. The molecule has 1 aromatic rings. The monoisotopic (exact) mass is 277 g/mol. The van der Waals surface area contributed by atoms with Gasteiger partial charge in [0, 0.05) is 0 Å². The van der Waals surface area contributed by atoms with Gasteiger partial charge in [-0.3, -0.25) is 0 Å². The average molecular weight is 277 g/mol. The molecule has 2 rings (SSSR count). The number of likely N-dealkylation sites (N-methyl/N-ethyl adjacent to an activating group) is 1. The van der Waals surface area contributed by atoms with E-state index in [9.17, 15) is 5.11 Å². The molecule has 3 heteroatoms. The summed E-state index contributed by atoms with van der Waals surface area (Å²) in [6, 6.07) is 10.1. The van der Waals surface area contributed by atoms with Crippen LogP contribution in [0.2, 0.25) is 0 Å². The minimum atomic E-state index is -0.492. The van der Waals surface area contributed by atoms with Gasteiger partial charge in [-0.15, -0.1) is 0 Å². The van der Waals surface area contributed by atoms with Crippen LogP contribution in [-0.4, -0.2) is 31.5 Å². The molecule has 0 saturated heterocycles. The molecule has 1 atom stereocenters. The fourth-order valence-electron chi connectivity index (χ4n) is 2.94. The third-order valence-corrected chi connectivity index (χ3v) is 4.44. The first-order valence-corrected chi connectivity index (χ1v) is 7.77. The maximum absolute atomic E-state index is 9.87. The largest absolute Gasteiger partial charge is 0.394 e. The highest BCUT2D eigenvalue weighted by atomic mass is 16.5. The molecule has 0 heterocycles. The Balaban J connectivity index is 2.01. The summed E-state index contributed by atoms with van der Waals surface area (Å²) in [6.07, 6.45) is 7.84. The van der Waals surface area contributed by atoms with Gasteiger partial charge in [-0.05, 0) is 25.5 Å². The summed E-state index contributed by atoms with van der Waals surface area (Å²) >= 11 is 0. The second-order valence-electron chi connectivity index (χ2n) is 5.78. The predicted octanol–water partition coefficient (Wildman–Crippen LogP) is 2.83. The van der Waals surface area contributed by atoms with Crippen molar-refractivity contribution in [1.29, 1.82) is 0 Å². The summed E-state index contributed by atoms with van der Waals surface area (Å²) in [7, 11) is 1.89. The van der Waals surface area contributed by atoms with E-state index in [0.717, 1.165) is 18.4 Å². The summed E-state index contributed by atoms with van der Waals surface area (Å²) in [5.74, 6) is 0. The highest BCUT2D eigenvalue weighted by Gasteiger charge is 2.31. The van der Waals surface area contributed by atoms with Crippen LogP contribution in [0.4, 0.5) is 0 Å². The Morgan fingerprint density at radius 1 is 1.15 bits per heavy atom. The molecule has 0 radical (unpaired) electrons. The van der Waals surface area contributed by atoms with Crippen LogP contribution in [-0.2, 0) is 10.3 Å². The van der Waals surface area contributed by atoms with E-state index < -0.39 is 5.54 Å². The van der Waals surface area contributed by atoms with Gasteiger partial charge in [-0.25, -0.2) is 0 Å². The van der Waals surface area contributed by atoms with Crippen molar-refractivity contribution in [2.75, 3.05) is 20.3 Å². The SMILES string of the molecule is CNC(CO)(COC1CCCCCC1)c1ccccc1. The van der Waals surface area contributed by atoms with E-state index in [4.69, 9.17) is 4.74 Å². The zero-order valence-corrected chi connectivity index (χ0v) is 12.5. The molecule has 1 aliphatic rings. The second-order valence-corrected chi connectivity index (χ2v) is 5.78. The first-order chi connectivity index (χ1) is 9.80. The molecule has 0 bridgehead atoms. The van der Waals surface area contributed by atoms with Crippen LogP contribution >= 0.6 is 0 Å². The van der Waals surface area contributed by atoms with Crippen molar-refractivity contribution in [1.82, 2.24) is 5.32 Å². The van der Waals surface area contributed by atoms with E-state index >= 15 is 0 Å². The Bertz CT molecular complexity index is 368. The Morgan fingerprint density at radius 3 is 2.35 bits per heavy atom. The van der Waals surface area contributed by atoms with Gasteiger partial charge in [-0.1, -0.05) is 56.0 Å². The Morgan fingerprint density at radius 2 is 1.80 bits per heavy atom. The molecule has 1 saturated carbocycles. The van der Waals surface area contributed by atoms with Crippen molar-refractivity contribution < 1.29 is 9.84 Å². The molecule has 1 aromatic carbocycles. The van der Waals surface area contributed by atoms with Gasteiger partial charge in [0.2, 0.25) is 0 Å². The molecular formula is C17H27NO2. The Labute approximate surface area is 122 Å². The fourth-order valence-corrected chi connectivity index (χ4v) is 2.94. The number of hydrogen-bond acceptors (Lipinski definition) is 3. The van der Waals surface area contributed by atoms with Gasteiger partial charge in [0.25, 0.3) is 0 Å². The molecule has 112 valence electrons. The van der Waals surface area contributed by atoms with Crippen LogP contribution in [0.1, 0.15) is 44.1 Å². The van der Waals surface area contributed by atoms with Gasteiger partial charge >= 0.3 is 0 Å². The van der Waals surface area contributed by atoms with Gasteiger partial charge in [0.1, 0.15) is 0 Å². The van der Waals surface area contributed by atoms with Crippen LogP contribution in [0, 0.1) is 0 Å². The lowest BCUT2D eigenvalue weighted by molar-refractivity contribution is -0.0153. The van der Waals surface area contributed by atoms with Crippen LogP contribution in [0.5, 0.6) is 0 Å². The quantitative estimate of drug-likeness (QED) is 0.786. The van der Waals surface area contributed by atoms with Crippen molar-refractivity contribution in [2.45, 2.75) is 50.2 Å². The Hall–Kier alpha value is -0.900. The summed E-state index contributed by atoms with van der Waals surface area (Å²) in [5, 5.41) is 13.1. The first kappa shape index (κ1) is 15.5. The standard InChI is InChI=1S/C17H27NO2/c1-18-17(13-19,15-9-5-4-6-10-15)14-20-16-11-7-2-3-8-12-16/h4-6,9-10,16,18-19H,2-3,7-8,11-14H2,1H3. The van der Waals surface area contributed by atoms with Gasteiger partial charge in [-0.2, -0.15) is 0 Å². The summed E-state index contributed by atoms with van der Waals surface area (Å²) in [4.78, 5) is 0. The van der Waals surface area contributed by atoms with Gasteiger partial charge in [0.15, 0.2) is 0 Å². The molecule has 0 aromatic heterocycles. The lowest BCUT2D eigenvalue weighted by atomic mass is 9.91. The number of rotatable bonds is 6. The van der Waals surface area contributed by atoms with Gasteiger partial charge in [0.05, 0.1) is 24.9 Å². The van der Waals surface area contributed by atoms with Crippen LogP contribution < -0.4 is 5.32 Å². The van der Waals surface area contributed by atoms with E-state index in [1.165, 1.54) is 25.7 Å². The zero-order chi connectivity index (χ0) is 14.3. The molecule has 0 spiro atoms. The minimum Gasteiger partial charge on any atom is -0.394 e. The van der Waals surface area contributed by atoms with Crippen molar-refractivity contribution >= 4 is 0 Å². The summed E-state index contributed by atoms with van der Waals surface area (Å²) < 4.78 is 6.14. The number of nitrogens with one attached hydrogen (secondary N) is 1. The van der Waals surface area contributed by atoms with E-state index in [2.05, 4.69) is 5.32 Å². The van der Waals surface area contributed by atoms with Crippen molar-refractivity contribution in [3.05, 3.63) is 35.9 Å². The number of aliphatic hydroxyl groups excluding tert-OH is 1. The molecule has 1 unspecified atom stereocenters. The number of hydrogen-bond donors (Lipinski definition) is 2. The lowest BCUT2D eigenvalue weighted by Gasteiger charge is -2.33. The normalized spacial score (nSPS) is 20.3. The van der Waals surface area contributed by atoms with E-state index in [-0.39, 0.29) is 6.61 Å². The molecular weight excluding hydrogens is 250 g/mol. The number of aliphatic hydroxyl groups is 1. The zero-order valence-electron chi connectivity index (χ0n) is 12.5. The van der Waals surface area contributed by atoms with Crippen LogP contribution in [0.15, 0.2) is 30.3 Å². The molecule has 1 fully saturated rings. The maximum Gasteiger partial charge on any atom is 0.0903 e. The number of ether oxygens (including phenoxy) is 1. The van der Waals surface area contributed by atoms with Crippen molar-refractivity contribution in [3.8, 4) is 0 Å². The lowest BCUT2D eigenvalue weighted by Crippen LogP contribution is -2.48. The predicted molar refractivity (Wildman–Crippen MR) is 81.7 cm³/mol. The third kappa shape index (κ3) is 3.81. The first-order valence-electron chi connectivity index (χ1n) is 7.77. The highest BCUT2D eigenvalue weighted by molar-refractivity contribution is 5.24. The molecule has 1 aliphatic carbocycles. The molecule has 0 aliphatic heterocycles. The molecule has 2 N–H and O–H groups in total. The van der Waals surface area contributed by atoms with E-state index in [1.54, 1.807) is 0 Å². The van der Waals surface area contributed by atoms with Crippen LogP contribution in [0.3, 0.4) is 0 Å². The van der Waals surface area contributed by atoms with E-state index in [1.807, 2.05) is 37.4 Å². The van der Waals surface area contributed by atoms with E-state index in [0.29, 0.717) is 12.7 Å². The molecule has 0 amide bonds. The smallest absolute Gasteiger partial charge is 0.0903 e. The van der Waals surface area contributed by atoms with Crippen molar-refractivity contribution in [2.24, 2.45) is 0 Å². The Kier molecular flexibility index (Phi) is 6.02. The average Bonchev–Trinajstić information content (AvgIpc) is 2.79. The van der Waals surface area contributed by atoms with Gasteiger partial charge < -0.3 is 15.2 Å². The highest BCUT2D eigenvalue weighted by Crippen LogP contribution is 2.25. The maximum atomic E-state index is 9.87. The van der Waals surface area contributed by atoms with Crippen molar-refractivity contribution in [3.63, 3.8) is 0 Å². The summed E-state index contributed by atoms with van der Waals surface area (Å²) in [6.45, 7) is 0.564.